The monoisotopic (exact) mass is 307 g/mol. The molecule has 21 heavy (non-hydrogen) atoms. The quantitative estimate of drug-likeness (QED) is 0.909. The molecule has 1 saturated heterocycles. The SMILES string of the molecule is COc1cc(-c2cc(C(=O)O)on2)ccc1OC1CSC1. The normalized spacial score (nSPS) is 14.5. The smallest absolute Gasteiger partial charge is 0.374 e. The van der Waals surface area contributed by atoms with Crippen LogP contribution in [0.1, 0.15) is 10.6 Å². The second kappa shape index (κ2) is 5.69. The summed E-state index contributed by atoms with van der Waals surface area (Å²) in [5.41, 5.74) is 1.15. The van der Waals surface area contributed by atoms with Crippen LogP contribution in [0.4, 0.5) is 0 Å². The summed E-state index contributed by atoms with van der Waals surface area (Å²) in [7, 11) is 1.56. The average molecular weight is 307 g/mol. The van der Waals surface area contributed by atoms with Crippen LogP contribution in [0.2, 0.25) is 0 Å². The van der Waals surface area contributed by atoms with Gasteiger partial charge in [-0.3, -0.25) is 0 Å². The number of ether oxygens (including phenoxy) is 2. The van der Waals surface area contributed by atoms with Crippen molar-refractivity contribution >= 4 is 17.7 Å². The first kappa shape index (κ1) is 13.8. The lowest BCUT2D eigenvalue weighted by molar-refractivity contribution is 0.0652. The third-order valence-electron chi connectivity index (χ3n) is 3.08. The molecule has 6 nitrogen and oxygen atoms in total. The molecule has 2 heterocycles. The lowest BCUT2D eigenvalue weighted by atomic mass is 10.1. The van der Waals surface area contributed by atoms with Gasteiger partial charge in [0.05, 0.1) is 7.11 Å². The van der Waals surface area contributed by atoms with Gasteiger partial charge in [-0.25, -0.2) is 4.79 Å². The highest BCUT2D eigenvalue weighted by atomic mass is 32.2. The molecule has 1 aliphatic heterocycles. The number of benzene rings is 1. The van der Waals surface area contributed by atoms with Crippen LogP contribution in [0.3, 0.4) is 0 Å². The lowest BCUT2D eigenvalue weighted by Crippen LogP contribution is -2.31. The number of aromatic carboxylic acids is 1. The lowest BCUT2D eigenvalue weighted by Gasteiger charge is -2.26. The Morgan fingerprint density at radius 2 is 2.19 bits per heavy atom. The number of rotatable bonds is 5. The zero-order chi connectivity index (χ0) is 14.8. The topological polar surface area (TPSA) is 81.8 Å². The summed E-state index contributed by atoms with van der Waals surface area (Å²) in [6.45, 7) is 0. The minimum Gasteiger partial charge on any atom is -0.493 e. The van der Waals surface area contributed by atoms with Gasteiger partial charge in [-0.2, -0.15) is 11.8 Å². The molecule has 0 amide bonds. The Morgan fingerprint density at radius 3 is 2.76 bits per heavy atom. The van der Waals surface area contributed by atoms with Gasteiger partial charge in [-0.15, -0.1) is 0 Å². The molecule has 2 aromatic rings. The number of hydrogen-bond donors (Lipinski definition) is 1. The highest BCUT2D eigenvalue weighted by Crippen LogP contribution is 2.35. The molecule has 0 aliphatic carbocycles. The summed E-state index contributed by atoms with van der Waals surface area (Å²) in [6, 6.07) is 6.73. The molecule has 3 rings (SSSR count). The summed E-state index contributed by atoms with van der Waals surface area (Å²) < 4.78 is 15.9. The Morgan fingerprint density at radius 1 is 1.38 bits per heavy atom. The van der Waals surface area contributed by atoms with Crippen LogP contribution in [-0.2, 0) is 0 Å². The van der Waals surface area contributed by atoms with Crippen LogP contribution < -0.4 is 9.47 Å². The van der Waals surface area contributed by atoms with E-state index in [0.717, 1.165) is 11.5 Å². The maximum atomic E-state index is 10.8. The number of aromatic nitrogens is 1. The van der Waals surface area contributed by atoms with E-state index in [1.54, 1.807) is 25.3 Å². The summed E-state index contributed by atoms with van der Waals surface area (Å²) in [6.07, 6.45) is 0.223. The average Bonchev–Trinajstić information content (AvgIpc) is 2.92. The van der Waals surface area contributed by atoms with Crippen molar-refractivity contribution < 1.29 is 23.9 Å². The summed E-state index contributed by atoms with van der Waals surface area (Å²) in [4.78, 5) is 10.8. The van der Waals surface area contributed by atoms with Crippen LogP contribution in [0.15, 0.2) is 28.8 Å². The van der Waals surface area contributed by atoms with E-state index in [9.17, 15) is 4.79 Å². The van der Waals surface area contributed by atoms with Crippen LogP contribution in [-0.4, -0.2) is 41.0 Å². The van der Waals surface area contributed by atoms with Crippen LogP contribution in [0, 0.1) is 0 Å². The van der Waals surface area contributed by atoms with Crippen molar-refractivity contribution in [3.63, 3.8) is 0 Å². The minimum atomic E-state index is -1.15. The van der Waals surface area contributed by atoms with Gasteiger partial charge in [0, 0.05) is 23.1 Å². The van der Waals surface area contributed by atoms with Crippen molar-refractivity contribution in [3.05, 3.63) is 30.0 Å². The summed E-state index contributed by atoms with van der Waals surface area (Å²) >= 11 is 1.84. The minimum absolute atomic E-state index is 0.198. The summed E-state index contributed by atoms with van der Waals surface area (Å²) in [5, 5.41) is 12.6. The molecule has 0 radical (unpaired) electrons. The number of methoxy groups -OCH3 is 1. The van der Waals surface area contributed by atoms with E-state index in [4.69, 9.17) is 19.1 Å². The molecule has 7 heteroatoms. The highest BCUT2D eigenvalue weighted by molar-refractivity contribution is 8.00. The van der Waals surface area contributed by atoms with E-state index in [1.807, 2.05) is 11.8 Å². The fourth-order valence-electron chi connectivity index (χ4n) is 1.90. The molecule has 1 fully saturated rings. The molecule has 110 valence electrons. The van der Waals surface area contributed by atoms with Gasteiger partial charge in [0.25, 0.3) is 0 Å². The number of carbonyl (C=O) groups is 1. The van der Waals surface area contributed by atoms with Gasteiger partial charge in [-0.1, -0.05) is 5.16 Å². The van der Waals surface area contributed by atoms with Gasteiger partial charge >= 0.3 is 5.97 Å². The van der Waals surface area contributed by atoms with Crippen LogP contribution in [0.25, 0.3) is 11.3 Å². The molecule has 1 N–H and O–H groups in total. The van der Waals surface area contributed by atoms with E-state index in [-0.39, 0.29) is 11.9 Å². The first-order chi connectivity index (χ1) is 10.2. The molecule has 0 unspecified atom stereocenters. The van der Waals surface area contributed by atoms with Crippen molar-refractivity contribution in [2.45, 2.75) is 6.10 Å². The number of hydrogen-bond acceptors (Lipinski definition) is 6. The Balaban J connectivity index is 1.86. The van der Waals surface area contributed by atoms with E-state index >= 15 is 0 Å². The van der Waals surface area contributed by atoms with Gasteiger partial charge in [0.2, 0.25) is 5.76 Å². The predicted octanol–water partition coefficient (Wildman–Crippen LogP) is 2.54. The van der Waals surface area contributed by atoms with Crippen molar-refractivity contribution in [2.24, 2.45) is 0 Å². The molecule has 1 aliphatic rings. The van der Waals surface area contributed by atoms with Gasteiger partial charge < -0.3 is 19.1 Å². The fourth-order valence-corrected chi connectivity index (χ4v) is 2.46. The number of thioether (sulfide) groups is 1. The maximum absolute atomic E-state index is 10.8. The summed E-state index contributed by atoms with van der Waals surface area (Å²) in [5.74, 6) is 1.88. The standard InChI is InChI=1S/C14H13NO5S/c1-18-12-4-8(10-5-13(14(16)17)20-15-10)2-3-11(12)19-9-6-21-7-9/h2-5,9H,6-7H2,1H3,(H,16,17). The largest absolute Gasteiger partial charge is 0.493 e. The molecule has 1 aromatic heterocycles. The number of nitrogens with zero attached hydrogens (tertiary/aromatic N) is 1. The first-order valence-corrected chi connectivity index (χ1v) is 7.45. The Labute approximate surface area is 125 Å². The van der Waals surface area contributed by atoms with Gasteiger partial charge in [0.15, 0.2) is 11.5 Å². The first-order valence-electron chi connectivity index (χ1n) is 6.30. The second-order valence-electron chi connectivity index (χ2n) is 4.52. The number of carboxylic acids is 1. The Kier molecular flexibility index (Phi) is 3.74. The van der Waals surface area contributed by atoms with E-state index in [1.165, 1.54) is 6.07 Å². The zero-order valence-electron chi connectivity index (χ0n) is 11.2. The Bertz CT molecular complexity index is 665. The van der Waals surface area contributed by atoms with Crippen molar-refractivity contribution in [3.8, 4) is 22.8 Å². The second-order valence-corrected chi connectivity index (χ2v) is 5.60. The van der Waals surface area contributed by atoms with Crippen LogP contribution >= 0.6 is 11.8 Å². The van der Waals surface area contributed by atoms with E-state index in [2.05, 4.69) is 5.16 Å². The van der Waals surface area contributed by atoms with Gasteiger partial charge in [0.1, 0.15) is 11.8 Å². The molecule has 0 saturated carbocycles. The van der Waals surface area contributed by atoms with Gasteiger partial charge in [-0.05, 0) is 18.2 Å². The molecule has 1 aromatic carbocycles. The maximum Gasteiger partial charge on any atom is 0.374 e. The molecule has 0 bridgehead atoms. The predicted molar refractivity (Wildman–Crippen MR) is 77.2 cm³/mol. The van der Waals surface area contributed by atoms with Crippen molar-refractivity contribution in [1.82, 2.24) is 5.16 Å². The molecular formula is C14H13NO5S. The molecule has 0 atom stereocenters. The molecular weight excluding hydrogens is 294 g/mol. The van der Waals surface area contributed by atoms with E-state index in [0.29, 0.717) is 22.8 Å². The Hall–Kier alpha value is -2.15. The van der Waals surface area contributed by atoms with E-state index < -0.39 is 5.97 Å². The third kappa shape index (κ3) is 2.82. The molecule has 0 spiro atoms. The fraction of sp³-hybridized carbons (Fsp3) is 0.286. The zero-order valence-corrected chi connectivity index (χ0v) is 12.1. The van der Waals surface area contributed by atoms with Crippen molar-refractivity contribution in [1.29, 1.82) is 0 Å². The van der Waals surface area contributed by atoms with Crippen molar-refractivity contribution in [2.75, 3.05) is 18.6 Å². The third-order valence-corrected chi connectivity index (χ3v) is 4.30. The number of carboxylic acid groups (broad SMARTS) is 1. The van der Waals surface area contributed by atoms with Crippen LogP contribution in [0.5, 0.6) is 11.5 Å². The highest BCUT2D eigenvalue weighted by Gasteiger charge is 2.22.